The van der Waals surface area contributed by atoms with Crippen molar-refractivity contribution < 1.29 is 18.7 Å². The molecule has 128 valence electrons. The molecule has 0 aliphatic rings. The minimum Gasteiger partial charge on any atom is -0.489 e. The number of ether oxygens (including phenoxy) is 2. The molecule has 1 rings (SSSR count). The summed E-state index contributed by atoms with van der Waals surface area (Å²) in [5.41, 5.74) is 2.88. The number of oxime groups is 1. The highest BCUT2D eigenvalue weighted by atomic mass is 79.9. The normalized spacial score (nSPS) is 11.1. The summed E-state index contributed by atoms with van der Waals surface area (Å²) in [7, 11) is 0. The van der Waals surface area contributed by atoms with Gasteiger partial charge in [0.05, 0.1) is 5.71 Å². The minimum absolute atomic E-state index is 0.169. The molecular formula is C17H23BrFNO3. The summed E-state index contributed by atoms with van der Waals surface area (Å²) >= 11 is 2.73. The first-order valence-electron chi connectivity index (χ1n) is 7.47. The van der Waals surface area contributed by atoms with E-state index in [9.17, 15) is 4.39 Å². The van der Waals surface area contributed by atoms with E-state index in [1.807, 2.05) is 39.8 Å². The van der Waals surface area contributed by atoms with Crippen LogP contribution in [-0.2, 0) is 11.3 Å². The molecular weight excluding hydrogens is 365 g/mol. The van der Waals surface area contributed by atoms with E-state index in [4.69, 9.17) is 14.3 Å². The zero-order valence-corrected chi connectivity index (χ0v) is 15.6. The van der Waals surface area contributed by atoms with Gasteiger partial charge in [0.1, 0.15) is 24.7 Å². The van der Waals surface area contributed by atoms with Gasteiger partial charge >= 0.3 is 0 Å². The predicted molar refractivity (Wildman–Crippen MR) is 94.4 cm³/mol. The van der Waals surface area contributed by atoms with Crippen molar-refractivity contribution in [2.75, 3.05) is 19.8 Å². The van der Waals surface area contributed by atoms with Crippen molar-refractivity contribution in [1.82, 2.24) is 0 Å². The van der Waals surface area contributed by atoms with Crippen LogP contribution in [0.15, 0.2) is 28.1 Å². The average molecular weight is 388 g/mol. The smallest absolute Gasteiger partial charge is 0.165 e. The van der Waals surface area contributed by atoms with Crippen LogP contribution in [0.1, 0.15) is 31.9 Å². The summed E-state index contributed by atoms with van der Waals surface area (Å²) < 4.78 is 23.5. The van der Waals surface area contributed by atoms with E-state index < -0.39 is 4.74 Å². The maximum atomic E-state index is 12.6. The van der Waals surface area contributed by atoms with E-state index in [1.165, 1.54) is 6.08 Å². The maximum Gasteiger partial charge on any atom is 0.165 e. The van der Waals surface area contributed by atoms with Crippen molar-refractivity contribution in [2.45, 2.75) is 34.1 Å². The Balaban J connectivity index is 2.69. The highest BCUT2D eigenvalue weighted by molar-refractivity contribution is 9.11. The Bertz CT molecular complexity index is 565. The number of hydrogen-bond donors (Lipinski definition) is 0. The second-order valence-electron chi connectivity index (χ2n) is 5.11. The lowest BCUT2D eigenvalue weighted by atomic mass is 10.1. The van der Waals surface area contributed by atoms with Gasteiger partial charge in [-0.1, -0.05) is 12.1 Å². The third-order valence-corrected chi connectivity index (χ3v) is 3.19. The first kappa shape index (κ1) is 19.5. The Hall–Kier alpha value is -1.56. The Morgan fingerprint density at radius 2 is 2.00 bits per heavy atom. The van der Waals surface area contributed by atoms with E-state index in [0.717, 1.165) is 29.0 Å². The fraction of sp³-hybridized carbons (Fsp3) is 0.471. The zero-order valence-electron chi connectivity index (χ0n) is 14.0. The molecule has 1 aromatic carbocycles. The quantitative estimate of drug-likeness (QED) is 0.342. The third-order valence-electron chi connectivity index (χ3n) is 2.86. The molecule has 0 radical (unpaired) electrons. The molecule has 0 aromatic heterocycles. The molecule has 0 heterocycles. The first-order chi connectivity index (χ1) is 10.9. The highest BCUT2D eigenvalue weighted by Crippen LogP contribution is 2.29. The molecule has 0 aliphatic heterocycles. The van der Waals surface area contributed by atoms with Gasteiger partial charge in [0, 0.05) is 0 Å². The van der Waals surface area contributed by atoms with Crippen molar-refractivity contribution in [3.63, 3.8) is 0 Å². The lowest BCUT2D eigenvalue weighted by Crippen LogP contribution is -2.08. The fourth-order valence-electron chi connectivity index (χ4n) is 1.92. The average Bonchev–Trinajstić information content (AvgIpc) is 2.47. The van der Waals surface area contributed by atoms with Gasteiger partial charge in [0.15, 0.2) is 11.3 Å². The van der Waals surface area contributed by atoms with Crippen LogP contribution >= 0.6 is 15.9 Å². The van der Waals surface area contributed by atoms with E-state index in [1.54, 1.807) is 0 Å². The van der Waals surface area contributed by atoms with Gasteiger partial charge in [-0.25, -0.2) is 0 Å². The fourth-order valence-corrected chi connectivity index (χ4v) is 2.05. The summed E-state index contributed by atoms with van der Waals surface area (Å²) in [5, 5.41) is 3.86. The molecule has 23 heavy (non-hydrogen) atoms. The molecule has 0 atom stereocenters. The van der Waals surface area contributed by atoms with Crippen molar-refractivity contribution >= 4 is 21.6 Å². The molecule has 0 N–H and O–H groups in total. The van der Waals surface area contributed by atoms with Crippen LogP contribution in [0.3, 0.4) is 0 Å². The molecule has 0 spiro atoms. The summed E-state index contributed by atoms with van der Waals surface area (Å²) in [4.78, 5) is 5.12. The van der Waals surface area contributed by atoms with Gasteiger partial charge in [0.25, 0.3) is 0 Å². The molecule has 0 fully saturated rings. The van der Waals surface area contributed by atoms with E-state index in [2.05, 4.69) is 21.1 Å². The van der Waals surface area contributed by atoms with Gasteiger partial charge in [-0.2, -0.15) is 4.39 Å². The van der Waals surface area contributed by atoms with Gasteiger partial charge < -0.3 is 14.3 Å². The van der Waals surface area contributed by atoms with Gasteiger partial charge in [0.2, 0.25) is 0 Å². The molecule has 0 saturated heterocycles. The monoisotopic (exact) mass is 387 g/mol. The predicted octanol–water partition coefficient (Wildman–Crippen LogP) is 4.93. The van der Waals surface area contributed by atoms with Gasteiger partial charge in [-0.05, 0) is 72.5 Å². The Morgan fingerprint density at radius 1 is 1.26 bits per heavy atom. The Kier molecular flexibility index (Phi) is 8.69. The van der Waals surface area contributed by atoms with Crippen LogP contribution in [-0.4, -0.2) is 25.5 Å². The molecule has 4 nitrogen and oxygen atoms in total. The molecule has 0 saturated carbocycles. The largest absolute Gasteiger partial charge is 0.489 e. The summed E-state index contributed by atoms with van der Waals surface area (Å²) in [5.74, 6) is 1.53. The maximum absolute atomic E-state index is 12.6. The van der Waals surface area contributed by atoms with Crippen LogP contribution < -0.4 is 9.47 Å². The van der Waals surface area contributed by atoms with Crippen LogP contribution in [0, 0.1) is 6.92 Å². The molecule has 0 aliphatic carbocycles. The van der Waals surface area contributed by atoms with Crippen molar-refractivity contribution in [2.24, 2.45) is 5.16 Å². The lowest BCUT2D eigenvalue weighted by Gasteiger charge is -2.15. The number of halogens is 2. The molecule has 6 heteroatoms. The summed E-state index contributed by atoms with van der Waals surface area (Å²) in [6, 6.07) is 3.79. The van der Waals surface area contributed by atoms with Crippen molar-refractivity contribution in [3.05, 3.63) is 34.1 Å². The summed E-state index contributed by atoms with van der Waals surface area (Å²) in [6.45, 7) is 8.72. The molecule has 0 amide bonds. The number of rotatable bonds is 9. The van der Waals surface area contributed by atoms with Crippen molar-refractivity contribution in [3.8, 4) is 11.5 Å². The number of benzene rings is 1. The van der Waals surface area contributed by atoms with Crippen molar-refractivity contribution in [1.29, 1.82) is 0 Å². The minimum atomic E-state index is -0.435. The van der Waals surface area contributed by atoms with Gasteiger partial charge in [-0.3, -0.25) is 0 Å². The Labute approximate surface area is 145 Å². The SMILES string of the molecule is CCc1cc(OC/C=C(/F)Br)cc(C)c1OCCON=C(C)C. The van der Waals surface area contributed by atoms with E-state index >= 15 is 0 Å². The topological polar surface area (TPSA) is 40.0 Å². The van der Waals surface area contributed by atoms with Gasteiger partial charge in [-0.15, -0.1) is 0 Å². The number of nitrogens with zero attached hydrogens (tertiary/aromatic N) is 1. The Morgan fingerprint density at radius 3 is 2.61 bits per heavy atom. The standard InChI is InChI=1S/C17H23BrFNO3/c1-5-14-11-15(21-7-6-16(18)19)10-13(4)17(14)22-8-9-23-20-12(2)3/h6,10-11H,5,7-9H2,1-4H3/b16-6+. The van der Waals surface area contributed by atoms with E-state index in [-0.39, 0.29) is 6.61 Å². The number of aryl methyl sites for hydroxylation is 2. The van der Waals surface area contributed by atoms with Crippen LogP contribution in [0.2, 0.25) is 0 Å². The zero-order chi connectivity index (χ0) is 17.2. The molecule has 1 aromatic rings. The van der Waals surface area contributed by atoms with Crippen LogP contribution in [0.5, 0.6) is 11.5 Å². The second-order valence-corrected chi connectivity index (χ2v) is 5.86. The highest BCUT2D eigenvalue weighted by Gasteiger charge is 2.09. The second kappa shape index (κ2) is 10.3. The van der Waals surface area contributed by atoms with Crippen LogP contribution in [0.25, 0.3) is 0 Å². The van der Waals surface area contributed by atoms with Crippen LogP contribution in [0.4, 0.5) is 4.39 Å². The first-order valence-corrected chi connectivity index (χ1v) is 8.26. The molecule has 0 unspecified atom stereocenters. The third kappa shape index (κ3) is 7.50. The number of hydrogen-bond acceptors (Lipinski definition) is 4. The lowest BCUT2D eigenvalue weighted by molar-refractivity contribution is 0.106. The molecule has 0 bridgehead atoms. The van der Waals surface area contributed by atoms with E-state index in [0.29, 0.717) is 19.0 Å². The summed E-state index contributed by atoms with van der Waals surface area (Å²) in [6.07, 6.45) is 2.13.